The number of carbonyl (C=O) groups is 1. The second-order valence-corrected chi connectivity index (χ2v) is 6.60. The lowest BCUT2D eigenvalue weighted by atomic mass is 10.2. The first-order valence-electron chi connectivity index (χ1n) is 7.51. The number of rotatable bonds is 6. The maximum absolute atomic E-state index is 12.0. The van der Waals surface area contributed by atoms with Gasteiger partial charge in [0.1, 0.15) is 0 Å². The fourth-order valence-electron chi connectivity index (χ4n) is 2.72. The summed E-state index contributed by atoms with van der Waals surface area (Å²) < 4.78 is 5.00. The molecule has 0 bridgehead atoms. The van der Waals surface area contributed by atoms with Crippen LogP contribution in [0.25, 0.3) is 0 Å². The molecule has 0 aromatic carbocycles. The number of hydrogen-bond acceptors (Lipinski definition) is 8. The lowest BCUT2D eigenvalue weighted by Crippen LogP contribution is -2.37. The quantitative estimate of drug-likeness (QED) is 0.841. The zero-order valence-electron chi connectivity index (χ0n) is 13.2. The van der Waals surface area contributed by atoms with Crippen LogP contribution in [0.3, 0.4) is 0 Å². The van der Waals surface area contributed by atoms with Gasteiger partial charge in [-0.05, 0) is 13.5 Å². The number of aromatic nitrogens is 3. The summed E-state index contributed by atoms with van der Waals surface area (Å²) in [4.78, 5) is 24.7. The monoisotopic (exact) mass is 336 g/mol. The van der Waals surface area contributed by atoms with Crippen molar-refractivity contribution in [2.45, 2.75) is 25.9 Å². The zero-order valence-corrected chi connectivity index (χ0v) is 14.0. The van der Waals surface area contributed by atoms with Gasteiger partial charge in [-0.25, -0.2) is 4.98 Å². The van der Waals surface area contributed by atoms with Gasteiger partial charge in [-0.1, -0.05) is 5.16 Å². The molecule has 0 spiro atoms. The van der Waals surface area contributed by atoms with Gasteiger partial charge < -0.3 is 9.84 Å². The van der Waals surface area contributed by atoms with Gasteiger partial charge in [0.2, 0.25) is 11.8 Å². The van der Waals surface area contributed by atoms with E-state index in [1.807, 2.05) is 5.38 Å². The highest BCUT2D eigenvalue weighted by molar-refractivity contribution is 7.13. The van der Waals surface area contributed by atoms with E-state index in [-0.39, 0.29) is 5.91 Å². The van der Waals surface area contributed by atoms with Gasteiger partial charge in [-0.15, -0.1) is 11.3 Å². The Balaban J connectivity index is 1.45. The molecule has 1 unspecified atom stereocenters. The highest BCUT2D eigenvalue weighted by atomic mass is 32.1. The van der Waals surface area contributed by atoms with Crippen LogP contribution in [-0.2, 0) is 11.3 Å². The van der Waals surface area contributed by atoms with Crippen molar-refractivity contribution < 1.29 is 9.32 Å². The minimum atomic E-state index is -0.0166. The van der Waals surface area contributed by atoms with E-state index in [0.717, 1.165) is 19.5 Å². The molecule has 1 aliphatic heterocycles. The van der Waals surface area contributed by atoms with E-state index in [9.17, 15) is 4.79 Å². The highest BCUT2D eigenvalue weighted by Crippen LogP contribution is 2.16. The summed E-state index contributed by atoms with van der Waals surface area (Å²) in [6, 6.07) is 0.390. The molecule has 23 heavy (non-hydrogen) atoms. The van der Waals surface area contributed by atoms with Crippen LogP contribution in [0, 0.1) is 6.92 Å². The smallest absolute Gasteiger partial charge is 0.240 e. The second kappa shape index (κ2) is 7.16. The number of carbonyl (C=O) groups excluding carboxylic acids is 1. The number of likely N-dealkylation sites (N-methyl/N-ethyl adjacent to an activating group) is 1. The number of aryl methyl sites for hydroxylation is 1. The molecule has 2 aromatic rings. The fourth-order valence-corrected chi connectivity index (χ4v) is 3.27. The molecule has 2 aromatic heterocycles. The van der Waals surface area contributed by atoms with E-state index in [4.69, 9.17) is 4.52 Å². The van der Waals surface area contributed by atoms with Gasteiger partial charge in [0.05, 0.1) is 13.1 Å². The standard InChI is InChI=1S/C14H20N6O2S/c1-10-16-12(18-22-10)8-19(2)11-3-5-20(7-11)9-13(21)17-14-15-4-6-23-14/h4,6,11H,3,5,7-9H2,1-2H3,(H,15,17,21). The van der Waals surface area contributed by atoms with Crippen LogP contribution >= 0.6 is 11.3 Å². The minimum absolute atomic E-state index is 0.0166. The molecule has 124 valence electrons. The maximum atomic E-state index is 12.0. The summed E-state index contributed by atoms with van der Waals surface area (Å²) in [6.07, 6.45) is 2.71. The Bertz CT molecular complexity index is 643. The van der Waals surface area contributed by atoms with Gasteiger partial charge in [0.25, 0.3) is 0 Å². The molecule has 3 rings (SSSR count). The Kier molecular flexibility index (Phi) is 4.99. The SMILES string of the molecule is Cc1nc(CN(C)C2CCN(CC(=O)Nc3nccs3)C2)no1. The molecule has 9 heteroatoms. The molecule has 1 atom stereocenters. The van der Waals surface area contributed by atoms with Gasteiger partial charge in [0, 0.05) is 37.6 Å². The number of likely N-dealkylation sites (tertiary alicyclic amines) is 1. The number of nitrogens with one attached hydrogen (secondary N) is 1. The molecule has 0 aliphatic carbocycles. The third-order valence-electron chi connectivity index (χ3n) is 3.88. The average molecular weight is 336 g/mol. The van der Waals surface area contributed by atoms with Crippen LogP contribution in [-0.4, -0.2) is 63.6 Å². The number of nitrogens with zero attached hydrogens (tertiary/aromatic N) is 5. The topological polar surface area (TPSA) is 87.4 Å². The Morgan fingerprint density at radius 3 is 3.17 bits per heavy atom. The van der Waals surface area contributed by atoms with Crippen LogP contribution in [0.2, 0.25) is 0 Å². The molecule has 1 amide bonds. The molecule has 1 saturated heterocycles. The van der Waals surface area contributed by atoms with Crippen molar-refractivity contribution in [1.82, 2.24) is 24.9 Å². The van der Waals surface area contributed by atoms with Gasteiger partial charge in [-0.2, -0.15) is 4.98 Å². The Morgan fingerprint density at radius 2 is 2.48 bits per heavy atom. The van der Waals surface area contributed by atoms with Crippen LogP contribution < -0.4 is 5.32 Å². The Hall–Kier alpha value is -1.84. The van der Waals surface area contributed by atoms with E-state index in [1.165, 1.54) is 11.3 Å². The summed E-state index contributed by atoms with van der Waals surface area (Å²) >= 11 is 1.43. The molecule has 0 saturated carbocycles. The van der Waals surface area contributed by atoms with Crippen molar-refractivity contribution in [2.24, 2.45) is 0 Å². The van der Waals surface area contributed by atoms with Crippen molar-refractivity contribution in [2.75, 3.05) is 32.0 Å². The first kappa shape index (κ1) is 16.0. The van der Waals surface area contributed by atoms with Crippen molar-refractivity contribution >= 4 is 22.4 Å². The molecular weight excluding hydrogens is 316 g/mol. The van der Waals surface area contributed by atoms with E-state index in [1.54, 1.807) is 13.1 Å². The number of anilines is 1. The average Bonchev–Trinajstić information content (AvgIpc) is 3.22. The summed E-state index contributed by atoms with van der Waals surface area (Å²) in [7, 11) is 2.05. The Morgan fingerprint density at radius 1 is 1.61 bits per heavy atom. The summed E-state index contributed by atoms with van der Waals surface area (Å²) in [5.41, 5.74) is 0. The van der Waals surface area contributed by atoms with Crippen molar-refractivity contribution in [1.29, 1.82) is 0 Å². The lowest BCUT2D eigenvalue weighted by molar-refractivity contribution is -0.117. The lowest BCUT2D eigenvalue weighted by Gasteiger charge is -2.23. The predicted molar refractivity (Wildman–Crippen MR) is 86.1 cm³/mol. The van der Waals surface area contributed by atoms with Crippen molar-refractivity contribution in [3.8, 4) is 0 Å². The van der Waals surface area contributed by atoms with E-state index in [0.29, 0.717) is 36.0 Å². The number of amides is 1. The van der Waals surface area contributed by atoms with Gasteiger partial charge in [0.15, 0.2) is 11.0 Å². The van der Waals surface area contributed by atoms with Crippen LogP contribution in [0.15, 0.2) is 16.1 Å². The zero-order chi connectivity index (χ0) is 16.2. The van der Waals surface area contributed by atoms with Crippen LogP contribution in [0.1, 0.15) is 18.1 Å². The van der Waals surface area contributed by atoms with Crippen LogP contribution in [0.5, 0.6) is 0 Å². The molecular formula is C14H20N6O2S. The Labute approximate surface area is 138 Å². The van der Waals surface area contributed by atoms with Gasteiger partial charge in [-0.3, -0.25) is 14.6 Å². The fraction of sp³-hybridized carbons (Fsp3) is 0.571. The molecule has 0 radical (unpaired) electrons. The van der Waals surface area contributed by atoms with Gasteiger partial charge >= 0.3 is 0 Å². The second-order valence-electron chi connectivity index (χ2n) is 5.71. The third-order valence-corrected chi connectivity index (χ3v) is 4.57. The maximum Gasteiger partial charge on any atom is 0.240 e. The molecule has 3 heterocycles. The minimum Gasteiger partial charge on any atom is -0.340 e. The van der Waals surface area contributed by atoms with E-state index >= 15 is 0 Å². The van der Waals surface area contributed by atoms with Crippen molar-refractivity contribution in [3.05, 3.63) is 23.3 Å². The van der Waals surface area contributed by atoms with E-state index < -0.39 is 0 Å². The molecule has 1 aliphatic rings. The van der Waals surface area contributed by atoms with E-state index in [2.05, 4.69) is 37.3 Å². The first-order valence-corrected chi connectivity index (χ1v) is 8.39. The van der Waals surface area contributed by atoms with Crippen LogP contribution in [0.4, 0.5) is 5.13 Å². The highest BCUT2D eigenvalue weighted by Gasteiger charge is 2.27. The summed E-state index contributed by atoms with van der Waals surface area (Å²) in [6.45, 7) is 4.60. The third kappa shape index (κ3) is 4.34. The molecule has 1 N–H and O–H groups in total. The summed E-state index contributed by atoms with van der Waals surface area (Å²) in [5.74, 6) is 1.27. The molecule has 8 nitrogen and oxygen atoms in total. The number of thiazole rings is 1. The largest absolute Gasteiger partial charge is 0.340 e. The first-order chi connectivity index (χ1) is 11.1. The number of hydrogen-bond donors (Lipinski definition) is 1. The summed E-state index contributed by atoms with van der Waals surface area (Å²) in [5, 5.41) is 9.23. The predicted octanol–water partition coefficient (Wildman–Crippen LogP) is 0.979. The van der Waals surface area contributed by atoms with Crippen molar-refractivity contribution in [3.63, 3.8) is 0 Å². The normalized spacial score (nSPS) is 18.7. The molecule has 1 fully saturated rings.